The summed E-state index contributed by atoms with van der Waals surface area (Å²) in [4.78, 5) is 15.3. The third-order valence-electron chi connectivity index (χ3n) is 2.74. The highest BCUT2D eigenvalue weighted by atomic mass is 35.5. The molecular weight excluding hydrogens is 261 g/mol. The van der Waals surface area contributed by atoms with Crippen LogP contribution >= 0.6 is 24.8 Å². The van der Waals surface area contributed by atoms with Gasteiger partial charge in [-0.3, -0.25) is 4.79 Å². The van der Waals surface area contributed by atoms with Crippen LogP contribution < -0.4 is 11.1 Å². The number of halogens is 2. The van der Waals surface area contributed by atoms with Crippen molar-refractivity contribution in [3.8, 4) is 0 Å². The zero-order valence-electron chi connectivity index (χ0n) is 9.39. The molecule has 1 saturated heterocycles. The Hall–Kier alpha value is -0.840. The number of pyridine rings is 1. The number of carbonyl (C=O) groups excluding carboxylic acids is 1. The Morgan fingerprint density at radius 1 is 1.41 bits per heavy atom. The number of hydrogen-bond donors (Lipinski definition) is 2. The Morgan fingerprint density at radius 3 is 2.76 bits per heavy atom. The fourth-order valence-corrected chi connectivity index (χ4v) is 1.92. The Kier molecular flexibility index (Phi) is 7.11. The average molecular weight is 278 g/mol. The molecule has 17 heavy (non-hydrogen) atoms. The minimum absolute atomic E-state index is 0. The minimum Gasteiger partial charge on any atom is -0.364 e. The van der Waals surface area contributed by atoms with E-state index < -0.39 is 5.91 Å². The molecule has 0 radical (unpaired) electrons. The third-order valence-corrected chi connectivity index (χ3v) is 2.74. The SMILES string of the molecule is Cl.Cl.NC(=O)c1cccc(C2CCCNC2)n1. The quantitative estimate of drug-likeness (QED) is 0.861. The molecule has 2 heterocycles. The summed E-state index contributed by atoms with van der Waals surface area (Å²) in [6.45, 7) is 2.02. The van der Waals surface area contributed by atoms with Crippen LogP contribution in [0.25, 0.3) is 0 Å². The zero-order chi connectivity index (χ0) is 10.7. The average Bonchev–Trinajstić information content (AvgIpc) is 2.30. The van der Waals surface area contributed by atoms with Crippen LogP contribution in [-0.4, -0.2) is 24.0 Å². The molecule has 96 valence electrons. The van der Waals surface area contributed by atoms with E-state index in [1.54, 1.807) is 6.07 Å². The van der Waals surface area contributed by atoms with E-state index in [-0.39, 0.29) is 24.8 Å². The molecule has 1 aliphatic heterocycles. The summed E-state index contributed by atoms with van der Waals surface area (Å²) in [5.41, 5.74) is 6.53. The maximum absolute atomic E-state index is 11.0. The molecule has 1 atom stereocenters. The molecule has 0 spiro atoms. The molecule has 1 aromatic rings. The number of rotatable bonds is 2. The highest BCUT2D eigenvalue weighted by Crippen LogP contribution is 2.21. The fraction of sp³-hybridized carbons (Fsp3) is 0.455. The largest absolute Gasteiger partial charge is 0.364 e. The second kappa shape index (κ2) is 7.48. The highest BCUT2D eigenvalue weighted by Gasteiger charge is 2.17. The number of nitrogens with two attached hydrogens (primary N) is 1. The molecule has 1 aliphatic rings. The molecule has 2 rings (SSSR count). The molecule has 4 nitrogen and oxygen atoms in total. The van der Waals surface area contributed by atoms with Crippen LogP contribution in [0.1, 0.15) is 34.9 Å². The van der Waals surface area contributed by atoms with E-state index in [9.17, 15) is 4.79 Å². The van der Waals surface area contributed by atoms with Gasteiger partial charge in [-0.05, 0) is 31.5 Å². The summed E-state index contributed by atoms with van der Waals surface area (Å²) >= 11 is 0. The number of aromatic nitrogens is 1. The lowest BCUT2D eigenvalue weighted by Gasteiger charge is -2.22. The smallest absolute Gasteiger partial charge is 0.267 e. The van der Waals surface area contributed by atoms with Crippen molar-refractivity contribution < 1.29 is 4.79 Å². The number of hydrogen-bond acceptors (Lipinski definition) is 3. The number of piperidine rings is 1. The van der Waals surface area contributed by atoms with Crippen LogP contribution in [-0.2, 0) is 0 Å². The van der Waals surface area contributed by atoms with E-state index in [2.05, 4.69) is 10.3 Å². The van der Waals surface area contributed by atoms with E-state index in [0.717, 1.165) is 31.6 Å². The summed E-state index contributed by atoms with van der Waals surface area (Å²) in [5, 5.41) is 3.33. The second-order valence-corrected chi connectivity index (χ2v) is 3.86. The van der Waals surface area contributed by atoms with Crippen molar-refractivity contribution in [3.63, 3.8) is 0 Å². The topological polar surface area (TPSA) is 68.0 Å². The Balaban J connectivity index is 0.00000128. The molecule has 6 heteroatoms. The van der Waals surface area contributed by atoms with E-state index >= 15 is 0 Å². The lowest BCUT2D eigenvalue weighted by atomic mass is 9.95. The lowest BCUT2D eigenvalue weighted by Crippen LogP contribution is -2.29. The maximum Gasteiger partial charge on any atom is 0.267 e. The number of nitrogens with zero attached hydrogens (tertiary/aromatic N) is 1. The van der Waals surface area contributed by atoms with Gasteiger partial charge in [0, 0.05) is 18.2 Å². The molecule has 0 aliphatic carbocycles. The first-order chi connectivity index (χ1) is 7.27. The Bertz CT molecular complexity index is 367. The monoisotopic (exact) mass is 277 g/mol. The minimum atomic E-state index is -0.458. The normalized spacial score (nSPS) is 18.7. The first-order valence-corrected chi connectivity index (χ1v) is 5.25. The standard InChI is InChI=1S/C11H15N3O.2ClH/c12-11(15)10-5-1-4-9(14-10)8-3-2-6-13-7-8;;/h1,4-5,8,13H,2-3,6-7H2,(H2,12,15);2*1H. The van der Waals surface area contributed by atoms with Crippen LogP contribution in [0.5, 0.6) is 0 Å². The van der Waals surface area contributed by atoms with Crippen LogP contribution in [0, 0.1) is 0 Å². The molecule has 3 N–H and O–H groups in total. The van der Waals surface area contributed by atoms with Crippen molar-refractivity contribution in [2.24, 2.45) is 5.73 Å². The Morgan fingerprint density at radius 2 is 2.18 bits per heavy atom. The molecule has 0 bridgehead atoms. The van der Waals surface area contributed by atoms with Crippen molar-refractivity contribution in [3.05, 3.63) is 29.6 Å². The van der Waals surface area contributed by atoms with Gasteiger partial charge in [-0.1, -0.05) is 6.07 Å². The number of carbonyl (C=O) groups is 1. The number of primary amides is 1. The zero-order valence-corrected chi connectivity index (χ0v) is 11.0. The lowest BCUT2D eigenvalue weighted by molar-refractivity contribution is 0.0995. The first kappa shape index (κ1) is 16.2. The highest BCUT2D eigenvalue weighted by molar-refractivity contribution is 5.90. The fourth-order valence-electron chi connectivity index (χ4n) is 1.92. The van der Waals surface area contributed by atoms with E-state index in [0.29, 0.717) is 11.6 Å². The van der Waals surface area contributed by atoms with Crippen molar-refractivity contribution in [2.45, 2.75) is 18.8 Å². The molecule has 1 amide bonds. The van der Waals surface area contributed by atoms with Gasteiger partial charge in [0.25, 0.3) is 5.91 Å². The van der Waals surface area contributed by atoms with E-state index in [4.69, 9.17) is 5.73 Å². The van der Waals surface area contributed by atoms with E-state index in [1.165, 1.54) is 0 Å². The summed E-state index contributed by atoms with van der Waals surface area (Å²) in [6, 6.07) is 5.46. The molecule has 1 aromatic heterocycles. The third kappa shape index (κ3) is 4.15. The molecule has 0 aromatic carbocycles. The second-order valence-electron chi connectivity index (χ2n) is 3.86. The van der Waals surface area contributed by atoms with Gasteiger partial charge < -0.3 is 11.1 Å². The summed E-state index contributed by atoms with van der Waals surface area (Å²) in [5.74, 6) is -0.0429. The van der Waals surface area contributed by atoms with Gasteiger partial charge in [0.2, 0.25) is 0 Å². The molecule has 0 saturated carbocycles. The van der Waals surface area contributed by atoms with Crippen molar-refractivity contribution in [2.75, 3.05) is 13.1 Å². The van der Waals surface area contributed by atoms with Gasteiger partial charge in [0.15, 0.2) is 0 Å². The first-order valence-electron chi connectivity index (χ1n) is 5.25. The predicted molar refractivity (Wildman–Crippen MR) is 72.1 cm³/mol. The van der Waals surface area contributed by atoms with Gasteiger partial charge in [-0.2, -0.15) is 0 Å². The summed E-state index contributed by atoms with van der Waals surface area (Å²) in [7, 11) is 0. The van der Waals surface area contributed by atoms with Crippen LogP contribution in [0.2, 0.25) is 0 Å². The van der Waals surface area contributed by atoms with Gasteiger partial charge in [-0.25, -0.2) is 4.98 Å². The van der Waals surface area contributed by atoms with Crippen molar-refractivity contribution in [1.29, 1.82) is 0 Å². The van der Waals surface area contributed by atoms with Gasteiger partial charge in [-0.15, -0.1) is 24.8 Å². The number of nitrogens with one attached hydrogen (secondary N) is 1. The molecular formula is C11H17Cl2N3O. The predicted octanol–water partition coefficient (Wildman–Crippen LogP) is 1.49. The van der Waals surface area contributed by atoms with Crippen molar-refractivity contribution in [1.82, 2.24) is 10.3 Å². The van der Waals surface area contributed by atoms with Gasteiger partial charge in [0.05, 0.1) is 0 Å². The van der Waals surface area contributed by atoms with Crippen LogP contribution in [0.4, 0.5) is 0 Å². The van der Waals surface area contributed by atoms with Crippen LogP contribution in [0.15, 0.2) is 18.2 Å². The molecule has 1 fully saturated rings. The van der Waals surface area contributed by atoms with Crippen molar-refractivity contribution >= 4 is 30.7 Å². The van der Waals surface area contributed by atoms with Gasteiger partial charge >= 0.3 is 0 Å². The Labute approximate surface area is 113 Å². The van der Waals surface area contributed by atoms with Crippen LogP contribution in [0.3, 0.4) is 0 Å². The van der Waals surface area contributed by atoms with E-state index in [1.807, 2.05) is 12.1 Å². The summed E-state index contributed by atoms with van der Waals surface area (Å²) < 4.78 is 0. The number of amides is 1. The summed E-state index contributed by atoms with van der Waals surface area (Å²) in [6.07, 6.45) is 2.29. The van der Waals surface area contributed by atoms with Gasteiger partial charge in [0.1, 0.15) is 5.69 Å². The molecule has 1 unspecified atom stereocenters. The maximum atomic E-state index is 11.0.